The van der Waals surface area contributed by atoms with Gasteiger partial charge in [-0.3, -0.25) is 19.8 Å². The van der Waals surface area contributed by atoms with E-state index in [9.17, 15) is 9.59 Å². The molecule has 1 aliphatic heterocycles. The van der Waals surface area contributed by atoms with Crippen molar-refractivity contribution in [3.05, 3.63) is 36.2 Å². The van der Waals surface area contributed by atoms with Gasteiger partial charge in [0, 0.05) is 42.4 Å². The number of hydrogen-bond acceptors (Lipinski definition) is 6. The molecule has 0 unspecified atom stereocenters. The van der Waals surface area contributed by atoms with Gasteiger partial charge in [0.1, 0.15) is 0 Å². The Morgan fingerprint density at radius 2 is 2.03 bits per heavy atom. The molecule has 3 heterocycles. The van der Waals surface area contributed by atoms with Crippen molar-refractivity contribution in [2.45, 2.75) is 19.8 Å². The number of aryl methyl sites for hydroxylation is 1. The highest BCUT2D eigenvalue weighted by Gasteiger charge is 2.30. The van der Waals surface area contributed by atoms with Crippen LogP contribution in [-0.2, 0) is 14.3 Å². The van der Waals surface area contributed by atoms with Crippen LogP contribution in [0.15, 0.2) is 30.6 Å². The van der Waals surface area contributed by atoms with Crippen LogP contribution in [0.4, 0.5) is 11.6 Å². The number of H-pyrrole nitrogens is 1. The molecule has 3 N–H and O–H groups in total. The molecule has 166 valence electrons. The van der Waals surface area contributed by atoms with E-state index in [0.29, 0.717) is 25.7 Å². The van der Waals surface area contributed by atoms with Crippen LogP contribution in [-0.4, -0.2) is 64.5 Å². The maximum Gasteiger partial charge on any atom is 0.238 e. The molecule has 0 spiro atoms. The Labute approximate surface area is 185 Å². The number of amides is 2. The lowest BCUT2D eigenvalue weighted by Gasteiger charge is -2.25. The highest BCUT2D eigenvalue weighted by atomic mass is 16.5. The standard InChI is InChI=1S/C23H26N6O3/c1-14-11-25-23(28-22(31)15-5-6-15)27-20(14)17-12-24-21-16(17)3-2-4-18(21)26-19(30)13-29-7-9-32-10-8-29/h2-4,11-12,15,24H,5-10,13H2,1H3,(H,26,30)(H,25,27,28,31). The van der Waals surface area contributed by atoms with Crippen molar-refractivity contribution in [2.75, 3.05) is 43.5 Å². The van der Waals surface area contributed by atoms with Gasteiger partial charge in [0.05, 0.1) is 36.7 Å². The van der Waals surface area contributed by atoms with E-state index < -0.39 is 0 Å². The Morgan fingerprint density at radius 1 is 1.22 bits per heavy atom. The molecule has 2 aromatic heterocycles. The number of carbonyl (C=O) groups excluding carboxylic acids is 2. The first-order chi connectivity index (χ1) is 15.6. The molecular weight excluding hydrogens is 408 g/mol. The summed E-state index contributed by atoms with van der Waals surface area (Å²) in [5.41, 5.74) is 4.10. The molecule has 1 aromatic carbocycles. The molecule has 9 heteroatoms. The minimum absolute atomic E-state index is 0.0241. The lowest BCUT2D eigenvalue weighted by Crippen LogP contribution is -2.41. The smallest absolute Gasteiger partial charge is 0.238 e. The van der Waals surface area contributed by atoms with Gasteiger partial charge in [-0.1, -0.05) is 12.1 Å². The van der Waals surface area contributed by atoms with Gasteiger partial charge < -0.3 is 15.0 Å². The van der Waals surface area contributed by atoms with E-state index >= 15 is 0 Å². The highest BCUT2D eigenvalue weighted by molar-refractivity contribution is 6.06. The largest absolute Gasteiger partial charge is 0.379 e. The molecule has 1 aliphatic carbocycles. The third kappa shape index (κ3) is 4.35. The summed E-state index contributed by atoms with van der Waals surface area (Å²) >= 11 is 0. The van der Waals surface area contributed by atoms with E-state index in [1.807, 2.05) is 31.3 Å². The lowest BCUT2D eigenvalue weighted by molar-refractivity contribution is -0.118. The fourth-order valence-electron chi connectivity index (χ4n) is 3.94. The summed E-state index contributed by atoms with van der Waals surface area (Å²) in [7, 11) is 0. The van der Waals surface area contributed by atoms with Gasteiger partial charge in [-0.2, -0.15) is 0 Å². The summed E-state index contributed by atoms with van der Waals surface area (Å²) < 4.78 is 5.34. The minimum Gasteiger partial charge on any atom is -0.379 e. The number of nitrogens with zero attached hydrogens (tertiary/aromatic N) is 3. The molecule has 1 saturated carbocycles. The van der Waals surface area contributed by atoms with Crippen LogP contribution in [0.2, 0.25) is 0 Å². The average Bonchev–Trinajstić information content (AvgIpc) is 3.56. The number of rotatable bonds is 6. The SMILES string of the molecule is Cc1cnc(NC(=O)C2CC2)nc1-c1c[nH]c2c(NC(=O)CN3CCOCC3)cccc12. The lowest BCUT2D eigenvalue weighted by atomic mass is 10.1. The Kier molecular flexibility index (Phi) is 5.59. The zero-order chi connectivity index (χ0) is 22.1. The van der Waals surface area contributed by atoms with E-state index in [2.05, 4.69) is 30.5 Å². The monoisotopic (exact) mass is 434 g/mol. The summed E-state index contributed by atoms with van der Waals surface area (Å²) in [6.07, 6.45) is 5.45. The first-order valence-corrected chi connectivity index (χ1v) is 10.9. The number of aromatic nitrogens is 3. The Morgan fingerprint density at radius 3 is 2.81 bits per heavy atom. The van der Waals surface area contributed by atoms with Crippen molar-refractivity contribution in [3.8, 4) is 11.3 Å². The summed E-state index contributed by atoms with van der Waals surface area (Å²) in [6.45, 7) is 5.11. The molecular formula is C23H26N6O3. The Hall–Kier alpha value is -3.30. The molecule has 0 radical (unpaired) electrons. The molecule has 2 fully saturated rings. The number of anilines is 2. The van der Waals surface area contributed by atoms with E-state index in [4.69, 9.17) is 4.74 Å². The summed E-state index contributed by atoms with van der Waals surface area (Å²) in [5, 5.41) is 6.78. The zero-order valence-electron chi connectivity index (χ0n) is 18.0. The van der Waals surface area contributed by atoms with Crippen LogP contribution in [0.5, 0.6) is 0 Å². The van der Waals surface area contributed by atoms with Crippen LogP contribution in [0.3, 0.4) is 0 Å². The van der Waals surface area contributed by atoms with Gasteiger partial charge in [-0.25, -0.2) is 9.97 Å². The molecule has 9 nitrogen and oxygen atoms in total. The number of carbonyl (C=O) groups is 2. The average molecular weight is 435 g/mol. The van der Waals surface area contributed by atoms with Crippen LogP contribution in [0, 0.1) is 12.8 Å². The second-order valence-electron chi connectivity index (χ2n) is 8.36. The quantitative estimate of drug-likeness (QED) is 0.550. The molecule has 5 rings (SSSR count). The van der Waals surface area contributed by atoms with E-state index in [1.54, 1.807) is 6.20 Å². The third-order valence-electron chi connectivity index (χ3n) is 5.87. The van der Waals surface area contributed by atoms with Crippen molar-refractivity contribution in [2.24, 2.45) is 5.92 Å². The van der Waals surface area contributed by atoms with Crippen molar-refractivity contribution >= 4 is 34.4 Å². The van der Waals surface area contributed by atoms with Gasteiger partial charge in [-0.15, -0.1) is 0 Å². The summed E-state index contributed by atoms with van der Waals surface area (Å²) in [4.78, 5) is 39.0. The van der Waals surface area contributed by atoms with Crippen molar-refractivity contribution in [3.63, 3.8) is 0 Å². The molecule has 0 bridgehead atoms. The zero-order valence-corrected chi connectivity index (χ0v) is 18.0. The van der Waals surface area contributed by atoms with Crippen molar-refractivity contribution < 1.29 is 14.3 Å². The maximum absolute atomic E-state index is 12.6. The number of aromatic amines is 1. The number of para-hydroxylation sites is 1. The first kappa shape index (κ1) is 20.6. The number of hydrogen-bond donors (Lipinski definition) is 3. The van der Waals surface area contributed by atoms with Crippen molar-refractivity contribution in [1.29, 1.82) is 0 Å². The van der Waals surface area contributed by atoms with Crippen LogP contribution < -0.4 is 10.6 Å². The Balaban J connectivity index is 1.39. The molecule has 32 heavy (non-hydrogen) atoms. The number of nitrogens with one attached hydrogen (secondary N) is 3. The maximum atomic E-state index is 12.6. The van der Waals surface area contributed by atoms with Crippen molar-refractivity contribution in [1.82, 2.24) is 19.9 Å². The highest BCUT2D eigenvalue weighted by Crippen LogP contribution is 2.34. The van der Waals surface area contributed by atoms with Gasteiger partial charge in [0.15, 0.2) is 0 Å². The fourth-order valence-corrected chi connectivity index (χ4v) is 3.94. The first-order valence-electron chi connectivity index (χ1n) is 10.9. The minimum atomic E-state index is -0.0566. The second kappa shape index (κ2) is 8.68. The molecule has 2 amide bonds. The molecule has 2 aliphatic rings. The normalized spacial score (nSPS) is 16.8. The predicted octanol–water partition coefficient (Wildman–Crippen LogP) is 2.55. The number of ether oxygens (including phenoxy) is 1. The van der Waals surface area contributed by atoms with Gasteiger partial charge >= 0.3 is 0 Å². The summed E-state index contributed by atoms with van der Waals surface area (Å²) in [6, 6.07) is 5.78. The molecule has 1 saturated heterocycles. The topological polar surface area (TPSA) is 112 Å². The number of fused-ring (bicyclic) bond motifs is 1. The fraction of sp³-hybridized carbons (Fsp3) is 0.391. The van der Waals surface area contributed by atoms with E-state index in [0.717, 1.165) is 59.3 Å². The van der Waals surface area contributed by atoms with Crippen LogP contribution in [0.25, 0.3) is 22.2 Å². The third-order valence-corrected chi connectivity index (χ3v) is 5.87. The van der Waals surface area contributed by atoms with Gasteiger partial charge in [0.2, 0.25) is 17.8 Å². The molecule has 3 aromatic rings. The van der Waals surface area contributed by atoms with Crippen LogP contribution >= 0.6 is 0 Å². The summed E-state index contributed by atoms with van der Waals surface area (Å²) in [5.74, 6) is 0.315. The van der Waals surface area contributed by atoms with E-state index in [-0.39, 0.29) is 17.7 Å². The van der Waals surface area contributed by atoms with Crippen LogP contribution in [0.1, 0.15) is 18.4 Å². The molecule has 0 atom stereocenters. The van der Waals surface area contributed by atoms with Gasteiger partial charge in [0.25, 0.3) is 0 Å². The number of morpholine rings is 1. The van der Waals surface area contributed by atoms with E-state index in [1.165, 1.54) is 0 Å². The number of benzene rings is 1. The van der Waals surface area contributed by atoms with Gasteiger partial charge in [-0.05, 0) is 31.4 Å². The predicted molar refractivity (Wildman–Crippen MR) is 121 cm³/mol. The Bertz CT molecular complexity index is 1160. The second-order valence-corrected chi connectivity index (χ2v) is 8.36.